The van der Waals surface area contributed by atoms with E-state index in [1.54, 1.807) is 0 Å². The number of hydrogen-bond acceptors (Lipinski definition) is 2. The first kappa shape index (κ1) is 14.3. The second kappa shape index (κ2) is 5.50. The molecule has 2 N–H and O–H groups in total. The summed E-state index contributed by atoms with van der Waals surface area (Å²) in [6.45, 7) is 10.8. The maximum atomic E-state index is 6.22. The van der Waals surface area contributed by atoms with Gasteiger partial charge in [0.25, 0.3) is 0 Å². The van der Waals surface area contributed by atoms with Gasteiger partial charge < -0.3 is 5.73 Å². The van der Waals surface area contributed by atoms with Crippen molar-refractivity contribution >= 4 is 0 Å². The normalized spacial score (nSPS) is 39.5. The first-order valence-electron chi connectivity index (χ1n) is 7.92. The van der Waals surface area contributed by atoms with Crippen molar-refractivity contribution in [2.45, 2.75) is 84.3 Å². The van der Waals surface area contributed by atoms with Crippen molar-refractivity contribution in [3.05, 3.63) is 0 Å². The summed E-state index contributed by atoms with van der Waals surface area (Å²) in [6.07, 6.45) is 8.18. The van der Waals surface area contributed by atoms with E-state index in [0.29, 0.717) is 17.5 Å². The average molecular weight is 252 g/mol. The molecule has 0 radical (unpaired) electrons. The largest absolute Gasteiger partial charge is 0.327 e. The van der Waals surface area contributed by atoms with Crippen molar-refractivity contribution in [1.82, 2.24) is 4.90 Å². The van der Waals surface area contributed by atoms with Crippen LogP contribution in [-0.4, -0.2) is 29.6 Å². The van der Waals surface area contributed by atoms with Gasteiger partial charge in [0, 0.05) is 18.1 Å². The third-order valence-electron chi connectivity index (χ3n) is 5.27. The standard InChI is InChI=1S/C16H32N2/c1-12-11-16(3,4)9-8-14(12)18-10-6-5-7-15(18)13(2)17/h12-15H,5-11,17H2,1-4H3. The van der Waals surface area contributed by atoms with E-state index >= 15 is 0 Å². The molecule has 0 aromatic carbocycles. The number of piperidine rings is 1. The van der Waals surface area contributed by atoms with Crippen molar-refractivity contribution in [3.8, 4) is 0 Å². The number of likely N-dealkylation sites (tertiary alicyclic amines) is 1. The van der Waals surface area contributed by atoms with Gasteiger partial charge in [0.15, 0.2) is 0 Å². The van der Waals surface area contributed by atoms with Gasteiger partial charge in [-0.05, 0) is 56.9 Å². The Hall–Kier alpha value is -0.0800. The molecule has 2 nitrogen and oxygen atoms in total. The van der Waals surface area contributed by atoms with E-state index in [0.717, 1.165) is 12.0 Å². The fourth-order valence-electron chi connectivity index (χ4n) is 4.38. The summed E-state index contributed by atoms with van der Waals surface area (Å²) >= 11 is 0. The molecule has 2 fully saturated rings. The Kier molecular flexibility index (Phi) is 4.38. The SMILES string of the molecule is CC(N)C1CCCCN1C1CCC(C)(C)CC1C. The van der Waals surface area contributed by atoms with E-state index in [4.69, 9.17) is 5.73 Å². The van der Waals surface area contributed by atoms with Crippen LogP contribution >= 0.6 is 0 Å². The van der Waals surface area contributed by atoms with Crippen LogP contribution in [0.5, 0.6) is 0 Å². The Morgan fingerprint density at radius 1 is 1.22 bits per heavy atom. The van der Waals surface area contributed by atoms with E-state index < -0.39 is 0 Å². The Morgan fingerprint density at radius 3 is 2.56 bits per heavy atom. The first-order chi connectivity index (χ1) is 8.41. The Morgan fingerprint density at radius 2 is 1.94 bits per heavy atom. The smallest absolute Gasteiger partial charge is 0.0247 e. The predicted octanol–water partition coefficient (Wildman–Crippen LogP) is 3.40. The molecule has 18 heavy (non-hydrogen) atoms. The van der Waals surface area contributed by atoms with Crippen LogP contribution in [0.2, 0.25) is 0 Å². The van der Waals surface area contributed by atoms with Crippen LogP contribution in [0.25, 0.3) is 0 Å². The fraction of sp³-hybridized carbons (Fsp3) is 1.00. The highest BCUT2D eigenvalue weighted by Gasteiger charge is 2.39. The lowest BCUT2D eigenvalue weighted by Gasteiger charge is -2.49. The highest BCUT2D eigenvalue weighted by Crippen LogP contribution is 2.41. The molecule has 1 aliphatic carbocycles. The summed E-state index contributed by atoms with van der Waals surface area (Å²) in [4.78, 5) is 2.77. The maximum absolute atomic E-state index is 6.22. The molecule has 4 atom stereocenters. The minimum Gasteiger partial charge on any atom is -0.327 e. The van der Waals surface area contributed by atoms with E-state index in [9.17, 15) is 0 Å². The Bertz CT molecular complexity index is 272. The summed E-state index contributed by atoms with van der Waals surface area (Å²) in [6, 6.07) is 1.74. The molecule has 1 saturated carbocycles. The summed E-state index contributed by atoms with van der Waals surface area (Å²) < 4.78 is 0. The second-order valence-electron chi connectivity index (χ2n) is 7.61. The third-order valence-corrected chi connectivity index (χ3v) is 5.27. The molecule has 0 aromatic rings. The topological polar surface area (TPSA) is 29.3 Å². The summed E-state index contributed by atoms with van der Waals surface area (Å²) in [5, 5.41) is 0. The van der Waals surface area contributed by atoms with Crippen LogP contribution < -0.4 is 5.73 Å². The highest BCUT2D eigenvalue weighted by molar-refractivity contribution is 4.94. The molecule has 0 amide bonds. The van der Waals surface area contributed by atoms with Gasteiger partial charge >= 0.3 is 0 Å². The Labute approximate surface area is 113 Å². The zero-order chi connectivity index (χ0) is 13.3. The number of nitrogens with zero attached hydrogens (tertiary/aromatic N) is 1. The lowest BCUT2D eigenvalue weighted by molar-refractivity contribution is 0.00773. The molecule has 1 saturated heterocycles. The monoisotopic (exact) mass is 252 g/mol. The predicted molar refractivity (Wildman–Crippen MR) is 78.6 cm³/mol. The van der Waals surface area contributed by atoms with Crippen LogP contribution in [0, 0.1) is 11.3 Å². The minimum atomic E-state index is 0.326. The molecule has 106 valence electrons. The van der Waals surface area contributed by atoms with E-state index in [-0.39, 0.29) is 0 Å². The molecule has 1 aliphatic heterocycles. The van der Waals surface area contributed by atoms with Gasteiger partial charge in [0.05, 0.1) is 0 Å². The number of rotatable bonds is 2. The Balaban J connectivity index is 2.05. The molecule has 0 aromatic heterocycles. The summed E-state index contributed by atoms with van der Waals surface area (Å²) in [7, 11) is 0. The van der Waals surface area contributed by atoms with Gasteiger partial charge in [0.1, 0.15) is 0 Å². The molecular formula is C16H32N2. The lowest BCUT2D eigenvalue weighted by Crippen LogP contribution is -2.56. The van der Waals surface area contributed by atoms with Gasteiger partial charge in [-0.25, -0.2) is 0 Å². The van der Waals surface area contributed by atoms with Crippen LogP contribution in [0.15, 0.2) is 0 Å². The molecule has 4 unspecified atom stereocenters. The maximum Gasteiger partial charge on any atom is 0.0247 e. The number of hydrogen-bond donors (Lipinski definition) is 1. The van der Waals surface area contributed by atoms with Gasteiger partial charge in [0.2, 0.25) is 0 Å². The van der Waals surface area contributed by atoms with Crippen molar-refractivity contribution in [3.63, 3.8) is 0 Å². The van der Waals surface area contributed by atoms with Crippen LogP contribution in [-0.2, 0) is 0 Å². The quantitative estimate of drug-likeness (QED) is 0.816. The average Bonchev–Trinajstić information content (AvgIpc) is 2.28. The van der Waals surface area contributed by atoms with Crippen LogP contribution in [0.3, 0.4) is 0 Å². The third kappa shape index (κ3) is 3.08. The van der Waals surface area contributed by atoms with E-state index in [1.807, 2.05) is 0 Å². The van der Waals surface area contributed by atoms with Crippen molar-refractivity contribution in [1.29, 1.82) is 0 Å². The van der Waals surface area contributed by atoms with Crippen LogP contribution in [0.4, 0.5) is 0 Å². The van der Waals surface area contributed by atoms with E-state index in [2.05, 4.69) is 32.6 Å². The molecular weight excluding hydrogens is 220 g/mol. The van der Waals surface area contributed by atoms with Crippen LogP contribution in [0.1, 0.15) is 66.2 Å². The lowest BCUT2D eigenvalue weighted by atomic mass is 9.69. The zero-order valence-corrected chi connectivity index (χ0v) is 12.8. The molecule has 2 aliphatic rings. The van der Waals surface area contributed by atoms with Gasteiger partial charge in [-0.15, -0.1) is 0 Å². The van der Waals surface area contributed by atoms with Crippen molar-refractivity contribution in [2.75, 3.05) is 6.54 Å². The molecule has 0 spiro atoms. The number of nitrogens with two attached hydrogens (primary N) is 1. The van der Waals surface area contributed by atoms with Gasteiger partial charge in [-0.3, -0.25) is 4.90 Å². The van der Waals surface area contributed by atoms with E-state index in [1.165, 1.54) is 45.1 Å². The molecule has 2 heteroatoms. The van der Waals surface area contributed by atoms with Crippen molar-refractivity contribution < 1.29 is 0 Å². The first-order valence-corrected chi connectivity index (χ1v) is 7.92. The molecule has 0 bridgehead atoms. The second-order valence-corrected chi connectivity index (χ2v) is 7.61. The summed E-state index contributed by atoms with van der Waals surface area (Å²) in [5.74, 6) is 0.827. The molecule has 1 heterocycles. The van der Waals surface area contributed by atoms with Crippen molar-refractivity contribution in [2.24, 2.45) is 17.1 Å². The summed E-state index contributed by atoms with van der Waals surface area (Å²) in [5.41, 5.74) is 6.77. The fourth-order valence-corrected chi connectivity index (χ4v) is 4.38. The zero-order valence-electron chi connectivity index (χ0n) is 12.8. The van der Waals surface area contributed by atoms with Gasteiger partial charge in [-0.1, -0.05) is 27.2 Å². The molecule has 2 rings (SSSR count). The van der Waals surface area contributed by atoms with Gasteiger partial charge in [-0.2, -0.15) is 0 Å². The minimum absolute atomic E-state index is 0.326. The highest BCUT2D eigenvalue weighted by atomic mass is 15.2.